The van der Waals surface area contributed by atoms with Crippen LogP contribution in [-0.4, -0.2) is 19.5 Å². The highest BCUT2D eigenvalue weighted by molar-refractivity contribution is 8.93. The summed E-state index contributed by atoms with van der Waals surface area (Å²) < 4.78 is 0. The average molecular weight is 300 g/mol. The molecule has 0 bridgehead atoms. The first kappa shape index (κ1) is 15.8. The second-order valence-electron chi connectivity index (χ2n) is 3.30. The summed E-state index contributed by atoms with van der Waals surface area (Å²) in [6.07, 6.45) is 1.66. The standard InChI is InChI=1S/C12H17N3O.BrH/c1-3-8-14-12(16)11-6-4-10(5-7-11)9-15-13-2;/h3-7,13,15H,1,8-9H2,2H3,(H,14,16);1H. The molecular formula is C12H18BrN3O. The van der Waals surface area contributed by atoms with E-state index in [0.29, 0.717) is 12.1 Å². The number of amides is 1. The molecule has 0 fully saturated rings. The van der Waals surface area contributed by atoms with E-state index in [2.05, 4.69) is 22.7 Å². The van der Waals surface area contributed by atoms with Crippen LogP contribution < -0.4 is 16.2 Å². The monoisotopic (exact) mass is 299 g/mol. The summed E-state index contributed by atoms with van der Waals surface area (Å²) in [5.41, 5.74) is 7.61. The molecule has 0 spiro atoms. The van der Waals surface area contributed by atoms with Gasteiger partial charge in [0.2, 0.25) is 0 Å². The predicted molar refractivity (Wildman–Crippen MR) is 75.2 cm³/mol. The Labute approximate surface area is 112 Å². The average Bonchev–Trinajstić information content (AvgIpc) is 2.34. The van der Waals surface area contributed by atoms with Crippen LogP contribution in [0, 0.1) is 0 Å². The lowest BCUT2D eigenvalue weighted by Gasteiger charge is -2.05. The number of hydrogen-bond acceptors (Lipinski definition) is 3. The highest BCUT2D eigenvalue weighted by Gasteiger charge is 2.02. The molecule has 4 nitrogen and oxygen atoms in total. The van der Waals surface area contributed by atoms with Crippen LogP contribution >= 0.6 is 17.0 Å². The Kier molecular flexibility index (Phi) is 8.31. The van der Waals surface area contributed by atoms with E-state index in [4.69, 9.17) is 0 Å². The zero-order chi connectivity index (χ0) is 11.8. The predicted octanol–water partition coefficient (Wildman–Crippen LogP) is 1.40. The highest BCUT2D eigenvalue weighted by Crippen LogP contribution is 2.03. The van der Waals surface area contributed by atoms with Gasteiger partial charge in [0.25, 0.3) is 5.91 Å². The van der Waals surface area contributed by atoms with Crippen molar-refractivity contribution >= 4 is 22.9 Å². The second-order valence-corrected chi connectivity index (χ2v) is 3.30. The third-order valence-corrected chi connectivity index (χ3v) is 2.09. The lowest BCUT2D eigenvalue weighted by Crippen LogP contribution is -2.26. The Balaban J connectivity index is 0.00000256. The van der Waals surface area contributed by atoms with Gasteiger partial charge in [-0.15, -0.1) is 23.6 Å². The molecule has 0 aliphatic carbocycles. The summed E-state index contributed by atoms with van der Waals surface area (Å²) in [6.45, 7) is 4.76. The third-order valence-electron chi connectivity index (χ3n) is 2.09. The van der Waals surface area contributed by atoms with Crippen molar-refractivity contribution in [2.24, 2.45) is 0 Å². The van der Waals surface area contributed by atoms with Crippen molar-refractivity contribution in [3.05, 3.63) is 48.0 Å². The number of hydrazine groups is 1. The topological polar surface area (TPSA) is 53.2 Å². The molecule has 0 heterocycles. The largest absolute Gasteiger partial charge is 0.349 e. The zero-order valence-corrected chi connectivity index (χ0v) is 11.5. The van der Waals surface area contributed by atoms with Crippen LogP contribution in [0.5, 0.6) is 0 Å². The van der Waals surface area contributed by atoms with Gasteiger partial charge in [0, 0.05) is 18.7 Å². The Morgan fingerprint density at radius 2 is 2.00 bits per heavy atom. The number of hydrogen-bond donors (Lipinski definition) is 3. The molecule has 0 unspecified atom stereocenters. The van der Waals surface area contributed by atoms with E-state index in [1.807, 2.05) is 31.3 Å². The molecule has 0 radical (unpaired) electrons. The fraction of sp³-hybridized carbons (Fsp3) is 0.250. The van der Waals surface area contributed by atoms with Crippen LogP contribution in [0.2, 0.25) is 0 Å². The van der Waals surface area contributed by atoms with Crippen molar-refractivity contribution in [2.45, 2.75) is 6.54 Å². The highest BCUT2D eigenvalue weighted by atomic mass is 79.9. The molecule has 0 atom stereocenters. The molecule has 5 heteroatoms. The summed E-state index contributed by atoms with van der Waals surface area (Å²) >= 11 is 0. The molecular weight excluding hydrogens is 282 g/mol. The van der Waals surface area contributed by atoms with E-state index in [9.17, 15) is 4.79 Å². The smallest absolute Gasteiger partial charge is 0.251 e. The first-order chi connectivity index (χ1) is 7.77. The number of nitrogens with one attached hydrogen (secondary N) is 3. The molecule has 0 saturated carbocycles. The Hall–Kier alpha value is -1.17. The van der Waals surface area contributed by atoms with Crippen LogP contribution in [0.4, 0.5) is 0 Å². The van der Waals surface area contributed by atoms with E-state index in [1.54, 1.807) is 6.08 Å². The van der Waals surface area contributed by atoms with E-state index >= 15 is 0 Å². The molecule has 1 rings (SSSR count). The van der Waals surface area contributed by atoms with E-state index in [1.165, 1.54) is 0 Å². The molecule has 1 aromatic carbocycles. The van der Waals surface area contributed by atoms with Crippen molar-refractivity contribution in [2.75, 3.05) is 13.6 Å². The number of rotatable bonds is 6. The van der Waals surface area contributed by atoms with Gasteiger partial charge in [-0.1, -0.05) is 18.2 Å². The molecule has 1 amide bonds. The molecule has 0 aromatic heterocycles. The molecule has 94 valence electrons. The Morgan fingerprint density at radius 1 is 1.35 bits per heavy atom. The van der Waals surface area contributed by atoms with Crippen molar-refractivity contribution < 1.29 is 4.79 Å². The van der Waals surface area contributed by atoms with Crippen molar-refractivity contribution in [3.8, 4) is 0 Å². The molecule has 3 N–H and O–H groups in total. The zero-order valence-electron chi connectivity index (χ0n) is 9.82. The maximum absolute atomic E-state index is 11.5. The number of carbonyl (C=O) groups excluding carboxylic acids is 1. The minimum absolute atomic E-state index is 0. The first-order valence-electron chi connectivity index (χ1n) is 5.15. The molecule has 0 saturated heterocycles. The van der Waals surface area contributed by atoms with Crippen LogP contribution in [0.3, 0.4) is 0 Å². The molecule has 0 aliphatic rings. The molecule has 1 aromatic rings. The van der Waals surface area contributed by atoms with Gasteiger partial charge in [-0.2, -0.15) is 0 Å². The summed E-state index contributed by atoms with van der Waals surface area (Å²) in [5.74, 6) is -0.0759. The Bertz CT molecular complexity index is 351. The summed E-state index contributed by atoms with van der Waals surface area (Å²) in [7, 11) is 1.82. The van der Waals surface area contributed by atoms with Gasteiger partial charge >= 0.3 is 0 Å². The lowest BCUT2D eigenvalue weighted by molar-refractivity contribution is 0.0958. The van der Waals surface area contributed by atoms with Gasteiger partial charge in [-0.3, -0.25) is 15.6 Å². The van der Waals surface area contributed by atoms with E-state index < -0.39 is 0 Å². The first-order valence-corrected chi connectivity index (χ1v) is 5.15. The summed E-state index contributed by atoms with van der Waals surface area (Å²) in [5, 5.41) is 2.73. The van der Waals surface area contributed by atoms with Crippen molar-refractivity contribution in [1.29, 1.82) is 0 Å². The van der Waals surface area contributed by atoms with Crippen LogP contribution in [0.25, 0.3) is 0 Å². The van der Waals surface area contributed by atoms with Crippen LogP contribution in [-0.2, 0) is 6.54 Å². The minimum atomic E-state index is -0.0759. The maximum Gasteiger partial charge on any atom is 0.251 e. The quantitative estimate of drug-likeness (QED) is 0.550. The van der Waals surface area contributed by atoms with Crippen LogP contribution in [0.15, 0.2) is 36.9 Å². The fourth-order valence-electron chi connectivity index (χ4n) is 1.23. The van der Waals surface area contributed by atoms with Gasteiger partial charge < -0.3 is 5.32 Å². The normalized spacial score (nSPS) is 9.24. The fourth-order valence-corrected chi connectivity index (χ4v) is 1.23. The van der Waals surface area contributed by atoms with Crippen LogP contribution in [0.1, 0.15) is 15.9 Å². The maximum atomic E-state index is 11.5. The lowest BCUT2D eigenvalue weighted by atomic mass is 10.1. The van der Waals surface area contributed by atoms with Gasteiger partial charge in [0.05, 0.1) is 0 Å². The van der Waals surface area contributed by atoms with Crippen molar-refractivity contribution in [3.63, 3.8) is 0 Å². The molecule has 17 heavy (non-hydrogen) atoms. The molecule has 0 aliphatic heterocycles. The number of carbonyl (C=O) groups is 1. The van der Waals surface area contributed by atoms with Gasteiger partial charge in [0.1, 0.15) is 0 Å². The van der Waals surface area contributed by atoms with E-state index in [0.717, 1.165) is 12.1 Å². The Morgan fingerprint density at radius 3 is 2.53 bits per heavy atom. The minimum Gasteiger partial charge on any atom is -0.349 e. The van der Waals surface area contributed by atoms with Gasteiger partial charge in [0.15, 0.2) is 0 Å². The third kappa shape index (κ3) is 5.63. The SMILES string of the molecule is Br.C=CCNC(=O)c1ccc(CNNC)cc1. The number of halogens is 1. The van der Waals surface area contributed by atoms with Gasteiger partial charge in [-0.05, 0) is 24.7 Å². The van der Waals surface area contributed by atoms with E-state index in [-0.39, 0.29) is 22.9 Å². The summed E-state index contributed by atoms with van der Waals surface area (Å²) in [6, 6.07) is 7.47. The second kappa shape index (κ2) is 8.92. The van der Waals surface area contributed by atoms with Crippen molar-refractivity contribution in [1.82, 2.24) is 16.2 Å². The van der Waals surface area contributed by atoms with Gasteiger partial charge in [-0.25, -0.2) is 0 Å². The number of benzene rings is 1. The summed E-state index contributed by atoms with van der Waals surface area (Å²) in [4.78, 5) is 11.5.